The molecule has 0 atom stereocenters. The van der Waals surface area contributed by atoms with Gasteiger partial charge in [-0.1, -0.05) is 50.1 Å². The van der Waals surface area contributed by atoms with Gasteiger partial charge in [-0.2, -0.15) is 4.57 Å². The Hall–Kier alpha value is -3.28. The lowest BCUT2D eigenvalue weighted by molar-refractivity contribution is -0.577. The zero-order valence-corrected chi connectivity index (χ0v) is 20.7. The molecule has 2 aromatic carbocycles. The summed E-state index contributed by atoms with van der Waals surface area (Å²) in [6.07, 6.45) is 6.36. The summed E-state index contributed by atoms with van der Waals surface area (Å²) < 4.78 is 6.54. The standard InChI is InChI=1S/C28H18Br2N3/c29-21-11-7-19(8-12-21)27-17-23(25-5-1-3-15-32(25)27)31-24-18-28(20-9-13-22(30)14-10-20)33-16-4-2-6-26(24)33/h1-18H/q+1. The van der Waals surface area contributed by atoms with E-state index in [1.54, 1.807) is 0 Å². The summed E-state index contributed by atoms with van der Waals surface area (Å²) in [7, 11) is 0. The van der Waals surface area contributed by atoms with Crippen LogP contribution in [0.25, 0.3) is 22.5 Å². The Balaban J connectivity index is 1.53. The van der Waals surface area contributed by atoms with Crippen LogP contribution in [0.1, 0.15) is 11.3 Å². The maximum atomic E-state index is 5.16. The number of hydrogen-bond acceptors (Lipinski definition) is 1. The van der Waals surface area contributed by atoms with Gasteiger partial charge in [-0.15, -0.1) is 0 Å². The van der Waals surface area contributed by atoms with E-state index < -0.39 is 0 Å². The highest BCUT2D eigenvalue weighted by molar-refractivity contribution is 9.10. The second-order valence-corrected chi connectivity index (χ2v) is 9.70. The molecule has 0 aliphatic carbocycles. The fraction of sp³-hybridized carbons (Fsp3) is 0. The van der Waals surface area contributed by atoms with E-state index >= 15 is 0 Å². The molecule has 33 heavy (non-hydrogen) atoms. The summed E-state index contributed by atoms with van der Waals surface area (Å²) in [5.41, 5.74) is 8.60. The van der Waals surface area contributed by atoms with E-state index in [1.807, 2.05) is 0 Å². The summed E-state index contributed by atoms with van der Waals surface area (Å²) in [5.74, 6) is 0. The highest BCUT2D eigenvalue weighted by Gasteiger charge is 2.29. The molecular formula is C28H18Br2N3+. The van der Waals surface area contributed by atoms with Crippen molar-refractivity contribution >= 4 is 54.5 Å². The fourth-order valence-corrected chi connectivity index (χ4v) is 4.79. The van der Waals surface area contributed by atoms with Gasteiger partial charge in [0, 0.05) is 38.9 Å². The first-order chi connectivity index (χ1) is 16.2. The molecule has 1 aliphatic heterocycles. The van der Waals surface area contributed by atoms with Crippen molar-refractivity contribution in [3.05, 3.63) is 130 Å². The van der Waals surface area contributed by atoms with Crippen molar-refractivity contribution in [1.82, 2.24) is 4.40 Å². The maximum Gasteiger partial charge on any atom is 0.237 e. The van der Waals surface area contributed by atoms with Gasteiger partial charge in [0.1, 0.15) is 5.71 Å². The summed E-state index contributed by atoms with van der Waals surface area (Å²) in [4.78, 5) is 5.16. The number of pyridine rings is 2. The molecule has 0 bridgehead atoms. The maximum absolute atomic E-state index is 5.16. The number of fused-ring (bicyclic) bond motifs is 2. The topological polar surface area (TPSA) is 20.6 Å². The van der Waals surface area contributed by atoms with Gasteiger partial charge in [0.05, 0.1) is 16.9 Å². The summed E-state index contributed by atoms with van der Waals surface area (Å²) in [5, 5.41) is 0. The number of aliphatic imine (C=N–C) groups is 1. The normalized spacial score (nSPS) is 14.0. The van der Waals surface area contributed by atoms with Gasteiger partial charge in [0.25, 0.3) is 0 Å². The molecule has 0 saturated heterocycles. The van der Waals surface area contributed by atoms with E-state index in [2.05, 4.69) is 150 Å². The van der Waals surface area contributed by atoms with Crippen LogP contribution in [-0.2, 0) is 0 Å². The Bertz CT molecular complexity index is 1560. The molecule has 3 nitrogen and oxygen atoms in total. The average Bonchev–Trinajstić information content (AvgIpc) is 3.40. The molecule has 0 spiro atoms. The quantitative estimate of drug-likeness (QED) is 0.206. The molecule has 5 aromatic rings. The van der Waals surface area contributed by atoms with E-state index in [1.165, 1.54) is 0 Å². The van der Waals surface area contributed by atoms with Crippen molar-refractivity contribution in [2.45, 2.75) is 0 Å². The van der Waals surface area contributed by atoms with Crippen LogP contribution in [0.15, 0.2) is 123 Å². The summed E-state index contributed by atoms with van der Waals surface area (Å²) in [6.45, 7) is 0. The second kappa shape index (κ2) is 8.25. The molecule has 5 heteroatoms. The van der Waals surface area contributed by atoms with Crippen molar-refractivity contribution in [2.75, 3.05) is 0 Å². The van der Waals surface area contributed by atoms with Crippen LogP contribution < -0.4 is 4.57 Å². The fourth-order valence-electron chi connectivity index (χ4n) is 4.26. The molecule has 0 amide bonds. The third-order valence-corrected chi connectivity index (χ3v) is 6.89. The van der Waals surface area contributed by atoms with E-state index in [-0.39, 0.29) is 0 Å². The summed E-state index contributed by atoms with van der Waals surface area (Å²) >= 11 is 7.07. The third-order valence-electron chi connectivity index (χ3n) is 5.83. The van der Waals surface area contributed by atoms with E-state index in [9.17, 15) is 0 Å². The number of rotatable bonds is 3. The number of allylic oxidation sites excluding steroid dienone is 1. The lowest BCUT2D eigenvalue weighted by atomic mass is 10.1. The van der Waals surface area contributed by atoms with Crippen LogP contribution in [0.4, 0.5) is 5.69 Å². The zero-order valence-electron chi connectivity index (χ0n) is 17.5. The molecule has 1 aliphatic rings. The van der Waals surface area contributed by atoms with E-state index in [0.29, 0.717) is 0 Å². The van der Waals surface area contributed by atoms with Crippen molar-refractivity contribution in [1.29, 1.82) is 0 Å². The van der Waals surface area contributed by atoms with Crippen molar-refractivity contribution in [3.63, 3.8) is 0 Å². The Labute approximate surface area is 208 Å². The SMILES string of the molecule is Brc1ccc(C2=CC(=Nc3cc(-c4ccc(Br)cc4)n4ccccc34)c3cccc[n+]32)cc1. The van der Waals surface area contributed by atoms with Gasteiger partial charge in [-0.3, -0.25) is 0 Å². The second-order valence-electron chi connectivity index (χ2n) is 7.87. The molecule has 0 fully saturated rings. The van der Waals surface area contributed by atoms with Crippen LogP contribution in [-0.4, -0.2) is 10.1 Å². The molecule has 0 radical (unpaired) electrons. The van der Waals surface area contributed by atoms with Crippen molar-refractivity contribution in [2.24, 2.45) is 4.99 Å². The summed E-state index contributed by atoms with van der Waals surface area (Å²) in [6, 6.07) is 31.4. The Morgan fingerprint density at radius 2 is 1.42 bits per heavy atom. The zero-order chi connectivity index (χ0) is 22.4. The van der Waals surface area contributed by atoms with Crippen LogP contribution >= 0.6 is 31.9 Å². The molecule has 4 heterocycles. The predicted molar refractivity (Wildman–Crippen MR) is 141 cm³/mol. The molecule has 0 unspecified atom stereocenters. The molecule has 6 rings (SSSR count). The highest BCUT2D eigenvalue weighted by atomic mass is 79.9. The predicted octanol–water partition coefficient (Wildman–Crippen LogP) is 7.44. The smallest absolute Gasteiger partial charge is 0.237 e. The first kappa shape index (κ1) is 20.3. The Morgan fingerprint density at radius 1 is 0.727 bits per heavy atom. The minimum absolute atomic E-state index is 0.951. The van der Waals surface area contributed by atoms with Crippen LogP contribution in [0, 0.1) is 0 Å². The van der Waals surface area contributed by atoms with Crippen molar-refractivity contribution in [3.8, 4) is 11.3 Å². The van der Waals surface area contributed by atoms with E-state index in [0.717, 1.165) is 54.1 Å². The van der Waals surface area contributed by atoms with Gasteiger partial charge >= 0.3 is 0 Å². The number of nitrogens with zero attached hydrogens (tertiary/aromatic N) is 3. The highest BCUT2D eigenvalue weighted by Crippen LogP contribution is 2.33. The van der Waals surface area contributed by atoms with Gasteiger partial charge in [-0.25, -0.2) is 4.99 Å². The van der Waals surface area contributed by atoms with E-state index in [4.69, 9.17) is 4.99 Å². The number of aromatic nitrogens is 2. The van der Waals surface area contributed by atoms with Crippen LogP contribution in [0.3, 0.4) is 0 Å². The number of benzene rings is 2. The third kappa shape index (κ3) is 3.67. The molecule has 0 N–H and O–H groups in total. The molecular weight excluding hydrogens is 538 g/mol. The van der Waals surface area contributed by atoms with Crippen LogP contribution in [0.2, 0.25) is 0 Å². The number of hydrogen-bond donors (Lipinski definition) is 0. The Kier molecular flexibility index (Phi) is 5.08. The largest absolute Gasteiger partial charge is 0.314 e. The van der Waals surface area contributed by atoms with Gasteiger partial charge in [0.2, 0.25) is 11.4 Å². The lowest BCUT2D eigenvalue weighted by Crippen LogP contribution is -2.34. The molecule has 3 aromatic heterocycles. The van der Waals surface area contributed by atoms with Gasteiger partial charge < -0.3 is 4.40 Å². The first-order valence-corrected chi connectivity index (χ1v) is 12.2. The lowest BCUT2D eigenvalue weighted by Gasteiger charge is -2.02. The van der Waals surface area contributed by atoms with Crippen LogP contribution in [0.5, 0.6) is 0 Å². The Morgan fingerprint density at radius 3 is 2.18 bits per heavy atom. The van der Waals surface area contributed by atoms with Gasteiger partial charge in [-0.05, 0) is 66.2 Å². The molecule has 0 saturated carbocycles. The minimum Gasteiger partial charge on any atom is -0.314 e. The van der Waals surface area contributed by atoms with Crippen molar-refractivity contribution < 1.29 is 4.57 Å². The van der Waals surface area contributed by atoms with Gasteiger partial charge in [0.15, 0.2) is 6.20 Å². The molecule has 158 valence electrons. The monoisotopic (exact) mass is 554 g/mol. The number of halogens is 2. The first-order valence-electron chi connectivity index (χ1n) is 10.6. The minimum atomic E-state index is 0.951. The average molecular weight is 556 g/mol.